The number of aryl methyl sites for hydroxylation is 1. The van der Waals surface area contributed by atoms with E-state index in [1.807, 2.05) is 0 Å². The molecule has 1 aliphatic heterocycles. The Labute approximate surface area is 126 Å². The Morgan fingerprint density at radius 1 is 1.38 bits per heavy atom. The Hall–Kier alpha value is -1.84. The minimum Gasteiger partial charge on any atom is -0.469 e. The zero-order chi connectivity index (χ0) is 15.2. The summed E-state index contributed by atoms with van der Waals surface area (Å²) in [6.45, 7) is 2.05. The average Bonchev–Trinajstić information content (AvgIpc) is 2.70. The highest BCUT2D eigenvalue weighted by Gasteiger charge is 2.27. The van der Waals surface area contributed by atoms with Gasteiger partial charge in [0.15, 0.2) is 0 Å². The van der Waals surface area contributed by atoms with Gasteiger partial charge < -0.3 is 10.1 Å². The zero-order valence-corrected chi connectivity index (χ0v) is 12.8. The number of esters is 1. The molecule has 1 saturated heterocycles. The van der Waals surface area contributed by atoms with Crippen molar-refractivity contribution in [2.75, 3.05) is 7.11 Å². The van der Waals surface area contributed by atoms with Crippen LogP contribution >= 0.6 is 0 Å². The molecule has 0 aromatic heterocycles. The minimum atomic E-state index is -0.196. The largest absolute Gasteiger partial charge is 0.469 e. The van der Waals surface area contributed by atoms with Crippen molar-refractivity contribution in [3.05, 3.63) is 35.4 Å². The first-order valence-corrected chi connectivity index (χ1v) is 7.57. The molecule has 114 valence electrons. The van der Waals surface area contributed by atoms with Crippen LogP contribution in [0.25, 0.3) is 0 Å². The first kappa shape index (κ1) is 15.5. The van der Waals surface area contributed by atoms with Crippen molar-refractivity contribution < 1.29 is 9.53 Å². The maximum Gasteiger partial charge on any atom is 0.306 e. The quantitative estimate of drug-likeness (QED) is 0.837. The molecule has 0 aliphatic carbocycles. The van der Waals surface area contributed by atoms with E-state index in [2.05, 4.69) is 36.5 Å². The van der Waals surface area contributed by atoms with E-state index in [0.29, 0.717) is 12.3 Å². The molecule has 1 aromatic carbocycles. The molecule has 0 bridgehead atoms. The monoisotopic (exact) mass is 288 g/mol. The highest BCUT2D eigenvalue weighted by Crippen LogP contribution is 2.29. The van der Waals surface area contributed by atoms with Crippen LogP contribution in [0.15, 0.2) is 24.3 Å². The van der Waals surface area contributed by atoms with Crippen molar-refractivity contribution in [2.45, 2.75) is 51.0 Å². The predicted octanol–water partition coefficient (Wildman–Crippen LogP) is 3.15. The number of carbonyl (C=O) groups is 1. The molecule has 2 N–H and O–H groups in total. The smallest absolute Gasteiger partial charge is 0.306 e. The zero-order valence-electron chi connectivity index (χ0n) is 12.8. The fourth-order valence-corrected chi connectivity index (χ4v) is 2.90. The molecule has 1 aliphatic rings. The molecular weight excluding hydrogens is 264 g/mol. The topological polar surface area (TPSA) is 62.2 Å². The molecule has 21 heavy (non-hydrogen) atoms. The molecule has 0 spiro atoms. The number of ether oxygens (including phenoxy) is 1. The van der Waals surface area contributed by atoms with Crippen LogP contribution in [0.2, 0.25) is 0 Å². The lowest BCUT2D eigenvalue weighted by molar-refractivity contribution is -0.141. The lowest BCUT2D eigenvalue weighted by Crippen LogP contribution is -2.38. The van der Waals surface area contributed by atoms with Gasteiger partial charge in [-0.3, -0.25) is 10.2 Å². The van der Waals surface area contributed by atoms with E-state index in [1.165, 1.54) is 12.7 Å². The third kappa shape index (κ3) is 4.31. The van der Waals surface area contributed by atoms with Crippen LogP contribution in [0, 0.1) is 12.3 Å². The summed E-state index contributed by atoms with van der Waals surface area (Å²) in [5, 5.41) is 11.2. The lowest BCUT2D eigenvalue weighted by Gasteiger charge is -2.27. The standard InChI is InChI=1S/C17H24N2O2/c1-12-7-9-13(10-8-12)14(11-17(20)21-2)15-5-3-4-6-16(18)19-15/h7-10,14-15H,3-6,11H2,1-2H3,(H2,18,19). The van der Waals surface area contributed by atoms with E-state index in [0.717, 1.165) is 31.2 Å². The van der Waals surface area contributed by atoms with Gasteiger partial charge in [0.1, 0.15) is 0 Å². The predicted molar refractivity (Wildman–Crippen MR) is 83.7 cm³/mol. The number of rotatable bonds is 4. The Morgan fingerprint density at radius 2 is 2.10 bits per heavy atom. The van der Waals surface area contributed by atoms with Crippen molar-refractivity contribution in [3.8, 4) is 0 Å². The van der Waals surface area contributed by atoms with Crippen LogP contribution in [0.1, 0.15) is 49.1 Å². The van der Waals surface area contributed by atoms with Gasteiger partial charge in [-0.2, -0.15) is 0 Å². The maximum absolute atomic E-state index is 11.8. The Kier molecular flexibility index (Phi) is 5.37. The molecule has 2 rings (SSSR count). The molecule has 0 amide bonds. The Bertz CT molecular complexity index is 496. The fourth-order valence-electron chi connectivity index (χ4n) is 2.90. The lowest BCUT2D eigenvalue weighted by atomic mass is 9.86. The van der Waals surface area contributed by atoms with Gasteiger partial charge in [0.25, 0.3) is 0 Å². The summed E-state index contributed by atoms with van der Waals surface area (Å²) >= 11 is 0. The Balaban J connectivity index is 2.23. The molecule has 4 nitrogen and oxygen atoms in total. The van der Waals surface area contributed by atoms with Crippen molar-refractivity contribution in [3.63, 3.8) is 0 Å². The number of benzene rings is 1. The first-order chi connectivity index (χ1) is 10.1. The van der Waals surface area contributed by atoms with E-state index in [1.54, 1.807) is 0 Å². The molecular formula is C17H24N2O2. The van der Waals surface area contributed by atoms with E-state index >= 15 is 0 Å². The van der Waals surface area contributed by atoms with E-state index in [4.69, 9.17) is 10.1 Å². The van der Waals surface area contributed by atoms with Gasteiger partial charge in [-0.25, -0.2) is 0 Å². The number of hydrogen-bond acceptors (Lipinski definition) is 3. The summed E-state index contributed by atoms with van der Waals surface area (Å²) in [7, 11) is 1.43. The van der Waals surface area contributed by atoms with E-state index in [-0.39, 0.29) is 17.9 Å². The molecule has 0 radical (unpaired) electrons. The Morgan fingerprint density at radius 3 is 2.76 bits per heavy atom. The van der Waals surface area contributed by atoms with Gasteiger partial charge in [-0.1, -0.05) is 36.2 Å². The summed E-state index contributed by atoms with van der Waals surface area (Å²) in [5.41, 5.74) is 2.34. The van der Waals surface area contributed by atoms with Crippen molar-refractivity contribution in [2.24, 2.45) is 0 Å². The highest BCUT2D eigenvalue weighted by molar-refractivity contribution is 5.79. The van der Waals surface area contributed by atoms with Crippen molar-refractivity contribution in [1.82, 2.24) is 5.32 Å². The molecule has 4 heteroatoms. The summed E-state index contributed by atoms with van der Waals surface area (Å²) in [6.07, 6.45) is 4.27. The minimum absolute atomic E-state index is 0.0523. The van der Waals surface area contributed by atoms with Crippen LogP contribution in [-0.4, -0.2) is 25.0 Å². The van der Waals surface area contributed by atoms with Crippen LogP contribution in [-0.2, 0) is 9.53 Å². The fraction of sp³-hybridized carbons (Fsp3) is 0.529. The van der Waals surface area contributed by atoms with Gasteiger partial charge in [0, 0.05) is 18.4 Å². The summed E-state index contributed by atoms with van der Waals surface area (Å²) in [5.74, 6) is 0.439. The third-order valence-corrected chi connectivity index (χ3v) is 4.16. The van der Waals surface area contributed by atoms with Gasteiger partial charge in [0.05, 0.1) is 19.4 Å². The number of amidine groups is 1. The second kappa shape index (κ2) is 7.25. The van der Waals surface area contributed by atoms with E-state index < -0.39 is 0 Å². The molecule has 1 fully saturated rings. The normalized spacial score (nSPS) is 20.3. The second-order valence-electron chi connectivity index (χ2n) is 5.77. The third-order valence-electron chi connectivity index (χ3n) is 4.16. The van der Waals surface area contributed by atoms with E-state index in [9.17, 15) is 4.79 Å². The molecule has 1 aromatic rings. The van der Waals surface area contributed by atoms with Gasteiger partial charge in [-0.15, -0.1) is 0 Å². The maximum atomic E-state index is 11.8. The van der Waals surface area contributed by atoms with Crippen molar-refractivity contribution >= 4 is 11.8 Å². The molecule has 1 heterocycles. The molecule has 2 unspecified atom stereocenters. The van der Waals surface area contributed by atoms with Crippen LogP contribution in [0.3, 0.4) is 0 Å². The van der Waals surface area contributed by atoms with Crippen LogP contribution in [0.4, 0.5) is 0 Å². The van der Waals surface area contributed by atoms with Gasteiger partial charge >= 0.3 is 5.97 Å². The van der Waals surface area contributed by atoms with Gasteiger partial charge in [0.2, 0.25) is 0 Å². The number of nitrogens with one attached hydrogen (secondary N) is 2. The number of carbonyl (C=O) groups excluding carboxylic acids is 1. The van der Waals surface area contributed by atoms with Gasteiger partial charge in [-0.05, 0) is 25.3 Å². The summed E-state index contributed by atoms with van der Waals surface area (Å²) in [4.78, 5) is 11.8. The van der Waals surface area contributed by atoms with Crippen LogP contribution in [0.5, 0.6) is 0 Å². The SMILES string of the molecule is COC(=O)CC(c1ccc(C)cc1)C1CCCCC(=N)N1. The summed E-state index contributed by atoms with van der Waals surface area (Å²) in [6, 6.07) is 8.43. The number of methoxy groups -OCH3 is 1. The highest BCUT2D eigenvalue weighted by atomic mass is 16.5. The second-order valence-corrected chi connectivity index (χ2v) is 5.77. The molecule has 0 saturated carbocycles. The first-order valence-electron chi connectivity index (χ1n) is 7.57. The summed E-state index contributed by atoms with van der Waals surface area (Å²) < 4.78 is 4.85. The number of hydrogen-bond donors (Lipinski definition) is 2. The van der Waals surface area contributed by atoms with Crippen LogP contribution < -0.4 is 5.32 Å². The van der Waals surface area contributed by atoms with Crippen molar-refractivity contribution in [1.29, 1.82) is 5.41 Å². The average molecular weight is 288 g/mol. The molecule has 2 atom stereocenters.